The third kappa shape index (κ3) is 7.18. The van der Waals surface area contributed by atoms with E-state index in [9.17, 15) is 13.6 Å². The summed E-state index contributed by atoms with van der Waals surface area (Å²) in [6, 6.07) is 3.85. The van der Waals surface area contributed by atoms with Gasteiger partial charge in [-0.3, -0.25) is 4.79 Å². The van der Waals surface area contributed by atoms with Crippen LogP contribution in [0.5, 0.6) is 0 Å². The summed E-state index contributed by atoms with van der Waals surface area (Å²) in [5.74, 6) is -0.108. The second-order valence-electron chi connectivity index (χ2n) is 10.0. The second kappa shape index (κ2) is 12.4. The lowest BCUT2D eigenvalue weighted by molar-refractivity contribution is -0.140. The third-order valence-corrected chi connectivity index (χ3v) is 6.94. The number of hydrogen-bond donors (Lipinski definition) is 0. The fourth-order valence-electron chi connectivity index (χ4n) is 4.77. The van der Waals surface area contributed by atoms with Crippen molar-refractivity contribution in [2.45, 2.75) is 73.6 Å². The van der Waals surface area contributed by atoms with Gasteiger partial charge in [0.25, 0.3) is 0 Å². The molecule has 1 aromatic rings. The Labute approximate surface area is 198 Å². The van der Waals surface area contributed by atoms with Crippen molar-refractivity contribution >= 4 is 11.6 Å². The highest BCUT2D eigenvalue weighted by atomic mass is 19.1. The molecule has 1 amide bonds. The first-order valence-corrected chi connectivity index (χ1v) is 12.5. The number of carbonyl (C=O) groups excluding carboxylic acids is 1. The lowest BCUT2D eigenvalue weighted by Crippen LogP contribution is -2.40. The molecule has 4 nitrogen and oxygen atoms in total. The third-order valence-electron chi connectivity index (χ3n) is 6.94. The van der Waals surface area contributed by atoms with E-state index in [-0.39, 0.29) is 29.0 Å². The first-order valence-electron chi connectivity index (χ1n) is 12.5. The van der Waals surface area contributed by atoms with E-state index in [4.69, 9.17) is 0 Å². The van der Waals surface area contributed by atoms with Crippen LogP contribution in [0.3, 0.4) is 0 Å². The number of nitrogens with zero attached hydrogens (tertiary/aromatic N) is 3. The van der Waals surface area contributed by atoms with Crippen molar-refractivity contribution in [1.29, 1.82) is 0 Å². The van der Waals surface area contributed by atoms with Crippen molar-refractivity contribution < 1.29 is 13.6 Å². The van der Waals surface area contributed by atoms with Gasteiger partial charge >= 0.3 is 0 Å². The molecular formula is C27H41F2N3O. The minimum Gasteiger partial charge on any atom is -0.342 e. The molecule has 2 rings (SSSR count). The van der Waals surface area contributed by atoms with Crippen LogP contribution in [-0.2, 0) is 4.79 Å². The van der Waals surface area contributed by atoms with E-state index in [0.29, 0.717) is 12.5 Å². The first-order chi connectivity index (χ1) is 15.6. The van der Waals surface area contributed by atoms with E-state index in [1.165, 1.54) is 18.2 Å². The fraction of sp³-hybridized carbons (Fsp3) is 0.667. The average Bonchev–Trinajstić information content (AvgIpc) is 3.21. The number of azo groups is 1. The van der Waals surface area contributed by atoms with Crippen molar-refractivity contribution in [2.75, 3.05) is 19.6 Å². The molecule has 0 aliphatic carbocycles. The van der Waals surface area contributed by atoms with Crippen LogP contribution in [0.25, 0.3) is 5.70 Å². The van der Waals surface area contributed by atoms with Crippen molar-refractivity contribution in [1.82, 2.24) is 4.90 Å². The van der Waals surface area contributed by atoms with Crippen LogP contribution >= 0.6 is 0 Å². The first kappa shape index (κ1) is 27.1. The molecule has 1 heterocycles. The summed E-state index contributed by atoms with van der Waals surface area (Å²) in [4.78, 5) is 15.1. The van der Waals surface area contributed by atoms with Gasteiger partial charge in [0, 0.05) is 18.5 Å². The van der Waals surface area contributed by atoms with Gasteiger partial charge in [-0.05, 0) is 62.5 Å². The van der Waals surface area contributed by atoms with Crippen molar-refractivity contribution in [3.8, 4) is 0 Å². The maximum atomic E-state index is 14.5. The SMILES string of the molecule is CCN=N/C(=C\C(CC)[C@H](CC)CCC(C)(C)C(=O)N1CCC(C)C1)c1c(F)cccc1F. The van der Waals surface area contributed by atoms with Crippen molar-refractivity contribution in [2.24, 2.45) is 33.4 Å². The highest BCUT2D eigenvalue weighted by molar-refractivity contribution is 5.82. The molecule has 0 spiro atoms. The van der Waals surface area contributed by atoms with Gasteiger partial charge in [0.2, 0.25) is 5.91 Å². The molecule has 33 heavy (non-hydrogen) atoms. The van der Waals surface area contributed by atoms with Crippen molar-refractivity contribution in [3.63, 3.8) is 0 Å². The highest BCUT2D eigenvalue weighted by Gasteiger charge is 2.35. The van der Waals surface area contributed by atoms with Crippen LogP contribution in [-0.4, -0.2) is 30.4 Å². The van der Waals surface area contributed by atoms with Gasteiger partial charge in [-0.1, -0.05) is 53.2 Å². The molecule has 2 unspecified atom stereocenters. The van der Waals surface area contributed by atoms with Gasteiger partial charge in [-0.15, -0.1) is 0 Å². The number of benzene rings is 1. The highest BCUT2D eigenvalue weighted by Crippen LogP contribution is 2.36. The summed E-state index contributed by atoms with van der Waals surface area (Å²) < 4.78 is 29.0. The molecule has 0 radical (unpaired) electrons. The molecule has 1 aliphatic heterocycles. The van der Waals surface area contributed by atoms with E-state index in [2.05, 4.69) is 31.0 Å². The summed E-state index contributed by atoms with van der Waals surface area (Å²) in [6.07, 6.45) is 6.33. The summed E-state index contributed by atoms with van der Waals surface area (Å²) in [6.45, 7) is 14.5. The largest absolute Gasteiger partial charge is 0.342 e. The van der Waals surface area contributed by atoms with E-state index < -0.39 is 17.0 Å². The van der Waals surface area contributed by atoms with Crippen molar-refractivity contribution in [3.05, 3.63) is 41.5 Å². The van der Waals surface area contributed by atoms with Crippen LogP contribution < -0.4 is 0 Å². The Morgan fingerprint density at radius 3 is 2.39 bits per heavy atom. The molecule has 1 aliphatic rings. The fourth-order valence-corrected chi connectivity index (χ4v) is 4.77. The summed E-state index contributed by atoms with van der Waals surface area (Å²) in [5.41, 5.74) is -0.303. The van der Waals surface area contributed by atoms with Gasteiger partial charge in [0.15, 0.2) is 0 Å². The lowest BCUT2D eigenvalue weighted by atomic mass is 9.77. The molecule has 6 heteroatoms. The van der Waals surface area contributed by atoms with Crippen LogP contribution in [0.15, 0.2) is 34.5 Å². The quantitative estimate of drug-likeness (QED) is 0.315. The maximum Gasteiger partial charge on any atom is 0.228 e. The molecule has 1 fully saturated rings. The zero-order chi connectivity index (χ0) is 24.6. The van der Waals surface area contributed by atoms with Crippen LogP contribution in [0.2, 0.25) is 0 Å². The maximum absolute atomic E-state index is 14.5. The molecule has 184 valence electrons. The Kier molecular flexibility index (Phi) is 10.2. The van der Waals surface area contributed by atoms with Crippen LogP contribution in [0.1, 0.15) is 79.2 Å². The Hall–Kier alpha value is -2.11. The topological polar surface area (TPSA) is 45.0 Å². The standard InChI is InChI=1S/C27H41F2N3O/c1-7-20(13-15-27(5,6)26(33)32-16-14-19(4)18-32)21(8-2)17-24(31-30-9-3)25-22(28)11-10-12-23(25)29/h10-12,17,19-21H,7-9,13-16,18H2,1-6H3/b24-17-,31-30?/t19?,20-,21?/m1/s1. The Bertz CT molecular complexity index is 830. The zero-order valence-corrected chi connectivity index (χ0v) is 21.2. The average molecular weight is 462 g/mol. The molecule has 0 N–H and O–H groups in total. The monoisotopic (exact) mass is 461 g/mol. The summed E-state index contributed by atoms with van der Waals surface area (Å²) >= 11 is 0. The smallest absolute Gasteiger partial charge is 0.228 e. The molecule has 1 saturated heterocycles. The summed E-state index contributed by atoms with van der Waals surface area (Å²) in [5, 5.41) is 8.22. The molecule has 3 atom stereocenters. The molecule has 0 aromatic heterocycles. The number of halogens is 2. The van der Waals surface area contributed by atoms with Crippen LogP contribution in [0, 0.1) is 34.8 Å². The molecule has 0 saturated carbocycles. The molecular weight excluding hydrogens is 420 g/mol. The van der Waals surface area contributed by atoms with Gasteiger partial charge in [0.05, 0.1) is 17.8 Å². The molecule has 1 aromatic carbocycles. The minimum absolute atomic E-state index is 0.0810. The van der Waals surface area contributed by atoms with E-state index >= 15 is 0 Å². The van der Waals surface area contributed by atoms with E-state index in [0.717, 1.165) is 45.2 Å². The van der Waals surface area contributed by atoms with Gasteiger partial charge < -0.3 is 4.90 Å². The Balaban J connectivity index is 2.23. The minimum atomic E-state index is -0.634. The zero-order valence-electron chi connectivity index (χ0n) is 21.2. The van der Waals surface area contributed by atoms with Gasteiger partial charge in [0.1, 0.15) is 11.6 Å². The summed E-state index contributed by atoms with van der Waals surface area (Å²) in [7, 11) is 0. The lowest BCUT2D eigenvalue weighted by Gasteiger charge is -2.32. The molecule has 0 bridgehead atoms. The van der Waals surface area contributed by atoms with Gasteiger partial charge in [-0.25, -0.2) is 8.78 Å². The van der Waals surface area contributed by atoms with Gasteiger partial charge in [-0.2, -0.15) is 10.2 Å². The predicted molar refractivity (Wildman–Crippen MR) is 131 cm³/mol. The Morgan fingerprint density at radius 1 is 1.21 bits per heavy atom. The second-order valence-corrected chi connectivity index (χ2v) is 10.0. The van der Waals surface area contributed by atoms with Crippen LogP contribution in [0.4, 0.5) is 8.78 Å². The Morgan fingerprint density at radius 2 is 1.88 bits per heavy atom. The number of amides is 1. The normalized spacial score (nSPS) is 19.3. The predicted octanol–water partition coefficient (Wildman–Crippen LogP) is 7.51. The van der Waals surface area contributed by atoms with E-state index in [1.807, 2.05) is 31.7 Å². The number of hydrogen-bond acceptors (Lipinski definition) is 3. The number of likely N-dealkylation sites (tertiary alicyclic amines) is 1. The van der Waals surface area contributed by atoms with E-state index in [1.54, 1.807) is 0 Å². The number of carbonyl (C=O) groups is 1. The number of allylic oxidation sites excluding steroid dienone is 1. The number of rotatable bonds is 11.